The van der Waals surface area contributed by atoms with E-state index in [1.165, 1.54) is 0 Å². The molecule has 1 aromatic carbocycles. The third-order valence-corrected chi connectivity index (χ3v) is 3.86. The van der Waals surface area contributed by atoms with Crippen molar-refractivity contribution in [3.8, 4) is 11.5 Å². The van der Waals surface area contributed by atoms with E-state index >= 15 is 0 Å². The van der Waals surface area contributed by atoms with Crippen molar-refractivity contribution in [2.75, 3.05) is 12.1 Å². The van der Waals surface area contributed by atoms with Gasteiger partial charge in [-0.2, -0.15) is 5.10 Å². The van der Waals surface area contributed by atoms with Crippen LogP contribution in [0, 0.1) is 13.8 Å². The highest BCUT2D eigenvalue weighted by Gasteiger charge is 2.16. The van der Waals surface area contributed by atoms with Crippen molar-refractivity contribution in [1.82, 2.24) is 10.2 Å². The Morgan fingerprint density at radius 3 is 2.74 bits per heavy atom. The maximum atomic E-state index is 5.39. The first-order valence-electron chi connectivity index (χ1n) is 5.98. The number of nitrogens with zero attached hydrogens (tertiary/aromatic N) is 1. The van der Waals surface area contributed by atoms with Crippen molar-refractivity contribution in [3.63, 3.8) is 0 Å². The number of anilines is 1. The van der Waals surface area contributed by atoms with Crippen LogP contribution in [0.15, 0.2) is 16.6 Å². The van der Waals surface area contributed by atoms with E-state index in [1.807, 2.05) is 26.0 Å². The number of halogens is 1. The number of ether oxygens (including phenoxy) is 2. The zero-order chi connectivity index (χ0) is 13.4. The fraction of sp³-hybridized carbons (Fsp3) is 0.308. The van der Waals surface area contributed by atoms with E-state index in [-0.39, 0.29) is 0 Å². The second kappa shape index (κ2) is 4.77. The van der Waals surface area contributed by atoms with E-state index in [2.05, 4.69) is 31.4 Å². The summed E-state index contributed by atoms with van der Waals surface area (Å²) in [5, 5.41) is 10.5. The maximum Gasteiger partial charge on any atom is 0.231 e. The number of hydrogen-bond acceptors (Lipinski definition) is 4. The first-order valence-corrected chi connectivity index (χ1v) is 6.78. The zero-order valence-corrected chi connectivity index (χ0v) is 12.3. The molecule has 3 rings (SSSR count). The summed E-state index contributed by atoms with van der Waals surface area (Å²) in [6, 6.07) is 3.93. The van der Waals surface area contributed by atoms with E-state index in [4.69, 9.17) is 9.47 Å². The predicted octanol–water partition coefficient (Wildman–Crippen LogP) is 3.13. The minimum absolute atomic E-state index is 0.290. The first kappa shape index (κ1) is 12.3. The van der Waals surface area contributed by atoms with Gasteiger partial charge in [0, 0.05) is 11.0 Å². The molecule has 19 heavy (non-hydrogen) atoms. The van der Waals surface area contributed by atoms with Gasteiger partial charge >= 0.3 is 0 Å². The second-order valence-corrected chi connectivity index (χ2v) is 5.31. The summed E-state index contributed by atoms with van der Waals surface area (Å²) in [5.41, 5.74) is 4.16. The zero-order valence-electron chi connectivity index (χ0n) is 10.7. The fourth-order valence-corrected chi connectivity index (χ4v) is 2.55. The van der Waals surface area contributed by atoms with Gasteiger partial charge in [-0.3, -0.25) is 5.10 Å². The number of H-pyrrole nitrogens is 1. The van der Waals surface area contributed by atoms with Gasteiger partial charge in [-0.05, 0) is 31.5 Å². The lowest BCUT2D eigenvalue weighted by atomic mass is 10.2. The van der Waals surface area contributed by atoms with Gasteiger partial charge in [0.1, 0.15) is 0 Å². The molecular weight excluding hydrogens is 310 g/mol. The van der Waals surface area contributed by atoms with Crippen LogP contribution < -0.4 is 14.8 Å². The number of fused-ring (bicyclic) bond motifs is 1. The third-order valence-electron chi connectivity index (χ3n) is 3.13. The van der Waals surface area contributed by atoms with E-state index in [1.54, 1.807) is 0 Å². The van der Waals surface area contributed by atoms with E-state index in [0.717, 1.165) is 38.6 Å². The van der Waals surface area contributed by atoms with Crippen LogP contribution in [0.5, 0.6) is 11.5 Å². The Labute approximate surface area is 119 Å². The Morgan fingerprint density at radius 1 is 1.32 bits per heavy atom. The smallest absolute Gasteiger partial charge is 0.231 e. The van der Waals surface area contributed by atoms with Gasteiger partial charge < -0.3 is 14.8 Å². The number of aryl methyl sites for hydroxylation is 2. The Morgan fingerprint density at radius 2 is 2.05 bits per heavy atom. The molecule has 2 N–H and O–H groups in total. The lowest BCUT2D eigenvalue weighted by Crippen LogP contribution is -2.02. The highest BCUT2D eigenvalue weighted by Crippen LogP contribution is 2.37. The van der Waals surface area contributed by atoms with Gasteiger partial charge in [-0.1, -0.05) is 15.9 Å². The van der Waals surface area contributed by atoms with Crippen LogP contribution >= 0.6 is 15.9 Å². The molecule has 0 bridgehead atoms. The number of aromatic amines is 1. The molecule has 0 amide bonds. The minimum Gasteiger partial charge on any atom is -0.454 e. The van der Waals surface area contributed by atoms with Crippen LogP contribution in [0.1, 0.15) is 17.0 Å². The van der Waals surface area contributed by atoms with E-state index in [9.17, 15) is 0 Å². The SMILES string of the molecule is Cc1n[nH]c(C)c1NCc1cc2c(cc1Br)OCO2. The van der Waals surface area contributed by atoms with Gasteiger partial charge in [0.15, 0.2) is 11.5 Å². The summed E-state index contributed by atoms with van der Waals surface area (Å²) < 4.78 is 11.7. The molecule has 0 radical (unpaired) electrons. The molecule has 1 aliphatic heterocycles. The molecule has 0 aliphatic carbocycles. The standard InChI is InChI=1S/C13H14BrN3O2/c1-7-13(8(2)17-16-7)15-5-9-3-11-12(4-10(9)14)19-6-18-11/h3-4,15H,5-6H2,1-2H3,(H,16,17). The van der Waals surface area contributed by atoms with Crippen LogP contribution in [0.25, 0.3) is 0 Å². The van der Waals surface area contributed by atoms with Crippen molar-refractivity contribution in [2.45, 2.75) is 20.4 Å². The van der Waals surface area contributed by atoms with Gasteiger partial charge in [0.2, 0.25) is 6.79 Å². The molecule has 1 aromatic heterocycles. The number of nitrogens with one attached hydrogen (secondary N) is 2. The normalized spacial score (nSPS) is 12.8. The van der Waals surface area contributed by atoms with Crippen LogP contribution in [-0.2, 0) is 6.54 Å². The summed E-state index contributed by atoms with van der Waals surface area (Å²) in [4.78, 5) is 0. The molecule has 6 heteroatoms. The fourth-order valence-electron chi connectivity index (χ4n) is 2.09. The molecule has 100 valence electrons. The Kier molecular flexibility index (Phi) is 3.10. The number of benzene rings is 1. The molecule has 0 saturated carbocycles. The molecule has 2 aromatic rings. The summed E-state index contributed by atoms with van der Waals surface area (Å²) in [5.74, 6) is 1.58. The average Bonchev–Trinajstić information content (AvgIpc) is 2.94. The van der Waals surface area contributed by atoms with E-state index in [0.29, 0.717) is 13.3 Å². The number of aromatic nitrogens is 2. The molecule has 0 spiro atoms. The Bertz CT molecular complexity index is 605. The monoisotopic (exact) mass is 323 g/mol. The van der Waals surface area contributed by atoms with Gasteiger partial charge in [-0.15, -0.1) is 0 Å². The summed E-state index contributed by atoms with van der Waals surface area (Å²) in [6.07, 6.45) is 0. The first-order chi connectivity index (χ1) is 9.15. The van der Waals surface area contributed by atoms with Crippen LogP contribution in [0.3, 0.4) is 0 Å². The molecule has 0 unspecified atom stereocenters. The molecule has 0 fully saturated rings. The second-order valence-electron chi connectivity index (χ2n) is 4.46. The quantitative estimate of drug-likeness (QED) is 0.911. The maximum absolute atomic E-state index is 5.39. The number of hydrogen-bond donors (Lipinski definition) is 2. The largest absolute Gasteiger partial charge is 0.454 e. The van der Waals surface area contributed by atoms with Crippen molar-refractivity contribution in [3.05, 3.63) is 33.6 Å². The summed E-state index contributed by atoms with van der Waals surface area (Å²) in [7, 11) is 0. The van der Waals surface area contributed by atoms with Crippen molar-refractivity contribution >= 4 is 21.6 Å². The Hall–Kier alpha value is -1.69. The van der Waals surface area contributed by atoms with Crippen LogP contribution in [-0.4, -0.2) is 17.0 Å². The summed E-state index contributed by atoms with van der Waals surface area (Å²) in [6.45, 7) is 4.95. The van der Waals surface area contributed by atoms with Crippen molar-refractivity contribution < 1.29 is 9.47 Å². The predicted molar refractivity (Wildman–Crippen MR) is 75.7 cm³/mol. The van der Waals surface area contributed by atoms with Crippen molar-refractivity contribution in [2.24, 2.45) is 0 Å². The minimum atomic E-state index is 0.290. The molecule has 1 aliphatic rings. The Balaban J connectivity index is 1.81. The molecule has 2 heterocycles. The van der Waals surface area contributed by atoms with E-state index < -0.39 is 0 Å². The molecule has 0 saturated heterocycles. The molecular formula is C13H14BrN3O2. The average molecular weight is 324 g/mol. The van der Waals surface area contributed by atoms with Gasteiger partial charge in [0.25, 0.3) is 0 Å². The topological polar surface area (TPSA) is 59.2 Å². The van der Waals surface area contributed by atoms with Gasteiger partial charge in [-0.25, -0.2) is 0 Å². The highest BCUT2D eigenvalue weighted by molar-refractivity contribution is 9.10. The van der Waals surface area contributed by atoms with Crippen LogP contribution in [0.4, 0.5) is 5.69 Å². The molecule has 5 nitrogen and oxygen atoms in total. The summed E-state index contributed by atoms with van der Waals surface area (Å²) >= 11 is 3.55. The van der Waals surface area contributed by atoms with Crippen LogP contribution in [0.2, 0.25) is 0 Å². The highest BCUT2D eigenvalue weighted by atomic mass is 79.9. The van der Waals surface area contributed by atoms with Gasteiger partial charge in [0.05, 0.1) is 17.1 Å². The lowest BCUT2D eigenvalue weighted by molar-refractivity contribution is 0.174. The number of rotatable bonds is 3. The lowest BCUT2D eigenvalue weighted by Gasteiger charge is -2.09. The molecule has 0 atom stereocenters. The van der Waals surface area contributed by atoms with Crippen molar-refractivity contribution in [1.29, 1.82) is 0 Å². The third kappa shape index (κ3) is 2.28.